The van der Waals surface area contributed by atoms with Crippen LogP contribution in [0.15, 0.2) is 0 Å². The fourth-order valence-electron chi connectivity index (χ4n) is 2.22. The zero-order chi connectivity index (χ0) is 9.15. The van der Waals surface area contributed by atoms with Gasteiger partial charge >= 0.3 is 0 Å². The summed E-state index contributed by atoms with van der Waals surface area (Å²) in [6.07, 6.45) is 4.73. The molecule has 76 valence electrons. The SMILES string of the molecule is CCSC1CCC2(CC1)OCCO2. The molecule has 1 spiro atoms. The minimum Gasteiger partial charge on any atom is -0.348 e. The predicted octanol–water partition coefficient (Wildman–Crippen LogP) is 2.43. The summed E-state index contributed by atoms with van der Waals surface area (Å²) < 4.78 is 11.4. The van der Waals surface area contributed by atoms with Crippen LogP contribution in [0.3, 0.4) is 0 Å². The van der Waals surface area contributed by atoms with Gasteiger partial charge in [-0.1, -0.05) is 6.92 Å². The summed E-state index contributed by atoms with van der Waals surface area (Å²) in [5, 5.41) is 0.850. The van der Waals surface area contributed by atoms with Gasteiger partial charge in [-0.15, -0.1) is 0 Å². The van der Waals surface area contributed by atoms with E-state index in [1.807, 2.05) is 0 Å². The fraction of sp³-hybridized carbons (Fsp3) is 1.00. The molecule has 0 aromatic rings. The van der Waals surface area contributed by atoms with Gasteiger partial charge < -0.3 is 9.47 Å². The third-order valence-corrected chi connectivity index (χ3v) is 4.19. The monoisotopic (exact) mass is 202 g/mol. The Morgan fingerprint density at radius 1 is 1.23 bits per heavy atom. The Morgan fingerprint density at radius 3 is 2.38 bits per heavy atom. The van der Waals surface area contributed by atoms with Crippen LogP contribution < -0.4 is 0 Å². The number of thioether (sulfide) groups is 1. The van der Waals surface area contributed by atoms with E-state index in [0.717, 1.165) is 31.3 Å². The Morgan fingerprint density at radius 2 is 1.85 bits per heavy atom. The molecule has 0 bridgehead atoms. The highest BCUT2D eigenvalue weighted by Gasteiger charge is 2.40. The van der Waals surface area contributed by atoms with Gasteiger partial charge in [0, 0.05) is 18.1 Å². The second kappa shape index (κ2) is 4.20. The minimum atomic E-state index is -0.162. The topological polar surface area (TPSA) is 18.5 Å². The highest BCUT2D eigenvalue weighted by molar-refractivity contribution is 7.99. The van der Waals surface area contributed by atoms with Gasteiger partial charge in [-0.2, -0.15) is 11.8 Å². The highest BCUT2D eigenvalue weighted by Crippen LogP contribution is 2.39. The molecule has 0 atom stereocenters. The maximum absolute atomic E-state index is 5.68. The van der Waals surface area contributed by atoms with Crippen LogP contribution in [0.4, 0.5) is 0 Å². The standard InChI is InChI=1S/C10H18O2S/c1-2-13-9-3-5-10(6-4-9)11-7-8-12-10/h9H,2-8H2,1H3. The smallest absolute Gasteiger partial charge is 0.168 e. The largest absolute Gasteiger partial charge is 0.348 e. The van der Waals surface area contributed by atoms with Gasteiger partial charge in [0.05, 0.1) is 13.2 Å². The van der Waals surface area contributed by atoms with Crippen LogP contribution in [0, 0.1) is 0 Å². The van der Waals surface area contributed by atoms with Crippen LogP contribution in [0.5, 0.6) is 0 Å². The Labute approximate surface area is 84.4 Å². The van der Waals surface area contributed by atoms with Gasteiger partial charge in [-0.05, 0) is 18.6 Å². The molecule has 0 unspecified atom stereocenters. The van der Waals surface area contributed by atoms with Gasteiger partial charge in [-0.25, -0.2) is 0 Å². The minimum absolute atomic E-state index is 0.162. The van der Waals surface area contributed by atoms with E-state index in [1.165, 1.54) is 18.6 Å². The molecule has 1 saturated carbocycles. The Kier molecular flexibility index (Phi) is 3.17. The maximum atomic E-state index is 5.68. The molecule has 1 aliphatic carbocycles. The van der Waals surface area contributed by atoms with Gasteiger partial charge in [0.25, 0.3) is 0 Å². The van der Waals surface area contributed by atoms with Gasteiger partial charge in [-0.3, -0.25) is 0 Å². The molecule has 0 radical (unpaired) electrons. The molecule has 0 aromatic heterocycles. The summed E-state index contributed by atoms with van der Waals surface area (Å²) in [6.45, 7) is 3.83. The lowest BCUT2D eigenvalue weighted by atomic mass is 9.94. The number of ether oxygens (including phenoxy) is 2. The lowest BCUT2D eigenvalue weighted by molar-refractivity contribution is -0.175. The average Bonchev–Trinajstić information content (AvgIpc) is 2.59. The fourth-order valence-corrected chi connectivity index (χ4v) is 3.26. The van der Waals surface area contributed by atoms with Crippen LogP contribution in [0.25, 0.3) is 0 Å². The first kappa shape index (κ1) is 9.81. The number of rotatable bonds is 2. The molecular weight excluding hydrogens is 184 g/mol. The lowest BCUT2D eigenvalue weighted by Gasteiger charge is -2.34. The molecular formula is C10H18O2S. The van der Waals surface area contributed by atoms with Crippen molar-refractivity contribution >= 4 is 11.8 Å². The van der Waals surface area contributed by atoms with Crippen molar-refractivity contribution in [3.05, 3.63) is 0 Å². The van der Waals surface area contributed by atoms with Crippen molar-refractivity contribution in [2.24, 2.45) is 0 Å². The third kappa shape index (κ3) is 2.20. The molecule has 0 aromatic carbocycles. The average molecular weight is 202 g/mol. The second-order valence-corrected chi connectivity index (χ2v) is 5.34. The van der Waals surface area contributed by atoms with Gasteiger partial charge in [0.15, 0.2) is 5.79 Å². The summed E-state index contributed by atoms with van der Waals surface area (Å²) in [5.74, 6) is 1.07. The molecule has 2 nitrogen and oxygen atoms in total. The Balaban J connectivity index is 1.81. The molecule has 1 saturated heterocycles. The zero-order valence-electron chi connectivity index (χ0n) is 8.25. The van der Waals surface area contributed by atoms with Crippen molar-refractivity contribution < 1.29 is 9.47 Å². The number of hydrogen-bond donors (Lipinski definition) is 0. The van der Waals surface area contributed by atoms with Crippen LogP contribution in [-0.2, 0) is 9.47 Å². The quantitative estimate of drug-likeness (QED) is 0.685. The molecule has 1 heterocycles. The van der Waals surface area contributed by atoms with E-state index in [2.05, 4.69) is 18.7 Å². The maximum Gasteiger partial charge on any atom is 0.168 e. The second-order valence-electron chi connectivity index (χ2n) is 3.76. The van der Waals surface area contributed by atoms with Crippen LogP contribution >= 0.6 is 11.8 Å². The molecule has 2 fully saturated rings. The van der Waals surface area contributed by atoms with E-state index in [9.17, 15) is 0 Å². The highest BCUT2D eigenvalue weighted by atomic mass is 32.2. The molecule has 2 rings (SSSR count). The van der Waals surface area contributed by atoms with E-state index in [1.54, 1.807) is 0 Å². The normalized spacial score (nSPS) is 28.4. The lowest BCUT2D eigenvalue weighted by Crippen LogP contribution is -2.35. The van der Waals surface area contributed by atoms with Crippen molar-refractivity contribution in [3.63, 3.8) is 0 Å². The summed E-state index contributed by atoms with van der Waals surface area (Å²) in [7, 11) is 0. The number of hydrogen-bond acceptors (Lipinski definition) is 3. The van der Waals surface area contributed by atoms with E-state index in [4.69, 9.17) is 9.47 Å². The van der Waals surface area contributed by atoms with Gasteiger partial charge in [0.2, 0.25) is 0 Å². The first-order chi connectivity index (χ1) is 6.35. The van der Waals surface area contributed by atoms with Crippen molar-refractivity contribution in [1.82, 2.24) is 0 Å². The molecule has 0 N–H and O–H groups in total. The first-order valence-corrected chi connectivity index (χ1v) is 6.29. The zero-order valence-corrected chi connectivity index (χ0v) is 9.07. The third-order valence-electron chi connectivity index (χ3n) is 2.91. The first-order valence-electron chi connectivity index (χ1n) is 5.24. The van der Waals surface area contributed by atoms with Crippen molar-refractivity contribution in [1.29, 1.82) is 0 Å². The Hall–Kier alpha value is 0.270. The molecule has 2 aliphatic rings. The summed E-state index contributed by atoms with van der Waals surface area (Å²) in [6, 6.07) is 0. The predicted molar refractivity (Wildman–Crippen MR) is 55.0 cm³/mol. The molecule has 3 heteroatoms. The Bertz CT molecular complexity index is 156. The van der Waals surface area contributed by atoms with E-state index < -0.39 is 0 Å². The summed E-state index contributed by atoms with van der Waals surface area (Å²) in [4.78, 5) is 0. The van der Waals surface area contributed by atoms with Crippen molar-refractivity contribution in [2.75, 3.05) is 19.0 Å². The van der Waals surface area contributed by atoms with E-state index >= 15 is 0 Å². The van der Waals surface area contributed by atoms with Crippen LogP contribution in [-0.4, -0.2) is 30.0 Å². The molecule has 0 amide bonds. The van der Waals surface area contributed by atoms with Crippen LogP contribution in [0.1, 0.15) is 32.6 Å². The van der Waals surface area contributed by atoms with Crippen LogP contribution in [0.2, 0.25) is 0 Å². The van der Waals surface area contributed by atoms with Crippen molar-refractivity contribution in [2.45, 2.75) is 43.6 Å². The van der Waals surface area contributed by atoms with Gasteiger partial charge in [0.1, 0.15) is 0 Å². The molecule has 1 aliphatic heterocycles. The van der Waals surface area contributed by atoms with E-state index in [0.29, 0.717) is 0 Å². The molecule has 13 heavy (non-hydrogen) atoms. The summed E-state index contributed by atoms with van der Waals surface area (Å²) >= 11 is 2.08. The summed E-state index contributed by atoms with van der Waals surface area (Å²) in [5.41, 5.74) is 0. The van der Waals surface area contributed by atoms with Crippen molar-refractivity contribution in [3.8, 4) is 0 Å². The van der Waals surface area contributed by atoms with E-state index in [-0.39, 0.29) is 5.79 Å².